The fraction of sp³-hybridized carbons (Fsp3) is 0.320. The van der Waals surface area contributed by atoms with Gasteiger partial charge >= 0.3 is 17.2 Å². The van der Waals surface area contributed by atoms with Crippen molar-refractivity contribution in [3.05, 3.63) is 56.8 Å². The molecule has 0 saturated carbocycles. The van der Waals surface area contributed by atoms with Gasteiger partial charge in [0, 0.05) is 24.7 Å². The number of aromatic nitrogens is 3. The number of fused-ring (bicyclic) bond motifs is 3. The summed E-state index contributed by atoms with van der Waals surface area (Å²) in [7, 11) is 1.52. The molecule has 1 amide bonds. The maximum Gasteiger partial charge on any atom is 0.325 e. The van der Waals surface area contributed by atoms with Gasteiger partial charge in [0.05, 0.1) is 28.4 Å². The fourth-order valence-electron chi connectivity index (χ4n) is 4.12. The molecule has 1 aliphatic heterocycles. The molecule has 1 atom stereocenters. The first-order valence-electron chi connectivity index (χ1n) is 11.4. The van der Waals surface area contributed by atoms with Crippen LogP contribution in [0.15, 0.2) is 50.8 Å². The summed E-state index contributed by atoms with van der Waals surface area (Å²) in [4.78, 5) is 43.0. The van der Waals surface area contributed by atoms with E-state index in [9.17, 15) is 14.4 Å². The Labute approximate surface area is 220 Å². The van der Waals surface area contributed by atoms with E-state index in [4.69, 9.17) is 14.6 Å². The van der Waals surface area contributed by atoms with E-state index in [-0.39, 0.29) is 17.2 Å². The van der Waals surface area contributed by atoms with Gasteiger partial charge in [-0.05, 0) is 51.3 Å². The van der Waals surface area contributed by atoms with E-state index in [0.717, 1.165) is 18.6 Å². The van der Waals surface area contributed by atoms with E-state index in [1.54, 1.807) is 41.3 Å². The minimum Gasteiger partial charge on any atom is -0.497 e. The zero-order chi connectivity index (χ0) is 26.0. The molecule has 0 spiro atoms. The number of ether oxygens (including phenoxy) is 2. The van der Waals surface area contributed by atoms with Gasteiger partial charge in [-0.3, -0.25) is 19.4 Å². The summed E-state index contributed by atoms with van der Waals surface area (Å²) in [5.74, 6) is 0.646. The van der Waals surface area contributed by atoms with Crippen molar-refractivity contribution in [2.45, 2.75) is 44.9 Å². The minimum atomic E-state index is -0.930. The highest BCUT2D eigenvalue weighted by molar-refractivity contribution is 9.10. The van der Waals surface area contributed by atoms with Crippen LogP contribution in [0.4, 0.5) is 5.69 Å². The number of nitrogens with one attached hydrogen (secondary N) is 1. The topological polar surface area (TPSA) is 105 Å². The third-order valence-electron chi connectivity index (χ3n) is 5.64. The SMILES string of the molecule is CCCCSc1n[n+]2c(c(=O)[nH]1)-c1ccccc1N(C(C)=O)[C@@H]2c1cc(OC)cc(Br)c1OC(C)=O. The highest BCUT2D eigenvalue weighted by Crippen LogP contribution is 2.43. The molecule has 3 aromatic rings. The molecule has 1 aromatic heterocycles. The van der Waals surface area contributed by atoms with Gasteiger partial charge < -0.3 is 9.47 Å². The van der Waals surface area contributed by atoms with Crippen molar-refractivity contribution in [3.8, 4) is 22.8 Å². The summed E-state index contributed by atoms with van der Waals surface area (Å²) in [6.07, 6.45) is 1.04. The van der Waals surface area contributed by atoms with Gasteiger partial charge in [0.25, 0.3) is 6.17 Å². The Hall–Kier alpha value is -3.18. The van der Waals surface area contributed by atoms with Crippen LogP contribution in [0.3, 0.4) is 0 Å². The highest BCUT2D eigenvalue weighted by atomic mass is 79.9. The van der Waals surface area contributed by atoms with Crippen LogP contribution in [-0.2, 0) is 9.59 Å². The molecule has 0 saturated heterocycles. The van der Waals surface area contributed by atoms with E-state index in [1.165, 1.54) is 37.4 Å². The fourth-order valence-corrected chi connectivity index (χ4v) is 5.59. The van der Waals surface area contributed by atoms with Gasteiger partial charge in [0.1, 0.15) is 5.75 Å². The Balaban J connectivity index is 2.06. The monoisotopic (exact) mass is 573 g/mol. The normalized spacial score (nSPS) is 14.1. The molecule has 11 heteroatoms. The van der Waals surface area contributed by atoms with Crippen LogP contribution < -0.4 is 24.6 Å². The molecule has 9 nitrogen and oxygen atoms in total. The smallest absolute Gasteiger partial charge is 0.325 e. The molecule has 0 fully saturated rings. The maximum atomic E-state index is 13.4. The zero-order valence-corrected chi connectivity index (χ0v) is 22.7. The zero-order valence-electron chi connectivity index (χ0n) is 20.3. The van der Waals surface area contributed by atoms with Crippen LogP contribution >= 0.6 is 27.7 Å². The van der Waals surface area contributed by atoms with Gasteiger partial charge in [-0.15, -0.1) is 0 Å². The first-order valence-corrected chi connectivity index (χ1v) is 13.2. The molecule has 1 aliphatic rings. The van der Waals surface area contributed by atoms with Crippen molar-refractivity contribution in [2.75, 3.05) is 17.8 Å². The standard InChI is InChI=1S/C25H25BrN4O5S/c1-5-6-11-36-25-27-23(33)21-17-9-7-8-10-20(17)29(14(2)31)24(30(21)28-25)18-12-16(34-4)13-19(26)22(18)35-15(3)32/h7-10,12-13,24H,5-6,11H2,1-4H3/p+1/t24-/m0/s1. The quantitative estimate of drug-likeness (QED) is 0.148. The first kappa shape index (κ1) is 25.9. The number of carbonyl (C=O) groups excluding carboxylic acids is 2. The Morgan fingerprint density at radius 2 is 2.00 bits per heavy atom. The summed E-state index contributed by atoms with van der Waals surface area (Å²) in [5, 5.41) is 5.21. The van der Waals surface area contributed by atoms with Crippen LogP contribution in [0.5, 0.6) is 11.5 Å². The first-order chi connectivity index (χ1) is 17.3. The number of H-pyrrole nitrogens is 1. The summed E-state index contributed by atoms with van der Waals surface area (Å²) < 4.78 is 13.1. The third-order valence-corrected chi connectivity index (χ3v) is 7.18. The predicted molar refractivity (Wildman–Crippen MR) is 139 cm³/mol. The number of hydrogen-bond acceptors (Lipinski definition) is 7. The Morgan fingerprint density at radius 1 is 1.25 bits per heavy atom. The lowest BCUT2D eigenvalue weighted by atomic mass is 10.0. The van der Waals surface area contributed by atoms with Crippen molar-refractivity contribution < 1.29 is 23.7 Å². The second-order valence-corrected chi connectivity index (χ2v) is 10.1. The van der Waals surface area contributed by atoms with Crippen molar-refractivity contribution in [1.82, 2.24) is 10.1 Å². The molecule has 0 unspecified atom stereocenters. The number of carbonyl (C=O) groups is 2. The van der Waals surface area contributed by atoms with Crippen molar-refractivity contribution in [3.63, 3.8) is 0 Å². The lowest BCUT2D eigenvalue weighted by molar-refractivity contribution is -0.763. The predicted octanol–water partition coefficient (Wildman–Crippen LogP) is 4.23. The molecule has 0 radical (unpaired) electrons. The van der Waals surface area contributed by atoms with Crippen LogP contribution in [0, 0.1) is 0 Å². The third kappa shape index (κ3) is 4.90. The number of thioether (sulfide) groups is 1. The Bertz CT molecular complexity index is 1390. The van der Waals surface area contributed by atoms with Gasteiger partial charge in [0.2, 0.25) is 11.1 Å². The number of amides is 1. The number of hydrogen-bond donors (Lipinski definition) is 1. The molecule has 0 bridgehead atoms. The van der Waals surface area contributed by atoms with Gasteiger partial charge in [-0.2, -0.15) is 0 Å². The van der Waals surface area contributed by atoms with E-state index in [1.807, 2.05) is 0 Å². The number of methoxy groups -OCH3 is 1. The summed E-state index contributed by atoms with van der Waals surface area (Å²) in [6, 6.07) is 10.5. The average molecular weight is 574 g/mol. The summed E-state index contributed by atoms with van der Waals surface area (Å²) in [6.45, 7) is 4.83. The molecular formula is C25H26BrN4O5S+. The number of nitrogens with zero attached hydrogens (tertiary/aromatic N) is 3. The van der Waals surface area contributed by atoms with E-state index >= 15 is 0 Å². The second kappa shape index (κ2) is 10.8. The number of unbranched alkanes of at least 4 members (excludes halogenated alkanes) is 1. The Kier molecular flexibility index (Phi) is 7.79. The summed E-state index contributed by atoms with van der Waals surface area (Å²) in [5.41, 5.74) is 1.50. The van der Waals surface area contributed by atoms with Crippen molar-refractivity contribution in [1.29, 1.82) is 0 Å². The van der Waals surface area contributed by atoms with Crippen LogP contribution in [0.1, 0.15) is 45.3 Å². The maximum absolute atomic E-state index is 13.4. The molecule has 4 rings (SSSR count). The summed E-state index contributed by atoms with van der Waals surface area (Å²) >= 11 is 4.91. The molecule has 36 heavy (non-hydrogen) atoms. The molecular weight excluding hydrogens is 548 g/mol. The number of halogens is 1. The molecule has 188 valence electrons. The van der Waals surface area contributed by atoms with Gasteiger partial charge in [-0.1, -0.05) is 37.2 Å². The van der Waals surface area contributed by atoms with Crippen LogP contribution in [0.2, 0.25) is 0 Å². The highest BCUT2D eigenvalue weighted by Gasteiger charge is 2.46. The second-order valence-electron chi connectivity index (χ2n) is 8.16. The molecule has 1 N–H and O–H groups in total. The number of aromatic amines is 1. The van der Waals surface area contributed by atoms with E-state index in [0.29, 0.717) is 37.9 Å². The number of para-hydroxylation sites is 1. The van der Waals surface area contributed by atoms with E-state index < -0.39 is 12.1 Å². The molecule has 0 aliphatic carbocycles. The lowest BCUT2D eigenvalue weighted by Crippen LogP contribution is -2.60. The average Bonchev–Trinajstić information content (AvgIpc) is 2.84. The lowest BCUT2D eigenvalue weighted by Gasteiger charge is -2.32. The van der Waals surface area contributed by atoms with Gasteiger partial charge in [-0.25, -0.2) is 4.90 Å². The number of esters is 1. The van der Waals surface area contributed by atoms with Crippen molar-refractivity contribution >= 4 is 45.3 Å². The molecule has 2 aromatic carbocycles. The largest absolute Gasteiger partial charge is 0.497 e. The number of anilines is 1. The molecule has 2 heterocycles. The number of benzene rings is 2. The van der Waals surface area contributed by atoms with E-state index in [2.05, 4.69) is 27.8 Å². The van der Waals surface area contributed by atoms with Gasteiger partial charge in [0.15, 0.2) is 5.75 Å². The number of rotatable bonds is 7. The Morgan fingerprint density at radius 3 is 2.67 bits per heavy atom. The van der Waals surface area contributed by atoms with Crippen LogP contribution in [0.25, 0.3) is 11.3 Å². The minimum absolute atomic E-state index is 0.208. The van der Waals surface area contributed by atoms with Crippen LogP contribution in [-0.4, -0.2) is 34.8 Å². The van der Waals surface area contributed by atoms with Crippen molar-refractivity contribution in [2.24, 2.45) is 0 Å².